The molecule has 0 saturated heterocycles. The summed E-state index contributed by atoms with van der Waals surface area (Å²) in [5.41, 5.74) is 1.12. The van der Waals surface area contributed by atoms with Crippen LogP contribution in [0.4, 0.5) is 0 Å². The molecule has 4 heteroatoms. The lowest BCUT2D eigenvalue weighted by atomic mass is 10.1. The fourth-order valence-corrected chi connectivity index (χ4v) is 1.62. The highest BCUT2D eigenvalue weighted by Crippen LogP contribution is 2.20. The molecular formula is C14H11NO3. The van der Waals surface area contributed by atoms with Crippen molar-refractivity contribution >= 4 is 11.8 Å². The average molecular weight is 241 g/mol. The maximum atomic E-state index is 11.1. The molecule has 0 heterocycles. The van der Waals surface area contributed by atoms with Crippen LogP contribution in [0.5, 0.6) is 5.75 Å². The zero-order valence-electron chi connectivity index (χ0n) is 9.48. The number of phenolic OH excluding ortho intramolecular Hbond substituents is 1. The van der Waals surface area contributed by atoms with Gasteiger partial charge in [-0.25, -0.2) is 0 Å². The molecule has 0 unspecified atom stereocenters. The number of phenols is 1. The number of benzene rings is 2. The summed E-state index contributed by atoms with van der Waals surface area (Å²) in [6, 6.07) is 15.0. The lowest BCUT2D eigenvalue weighted by Gasteiger charge is -1.99. The third-order valence-electron chi connectivity index (χ3n) is 2.44. The highest BCUT2D eigenvalue weighted by atomic mass is 16.6. The van der Waals surface area contributed by atoms with E-state index in [1.165, 1.54) is 18.2 Å². The number of hydrogen-bond acceptors (Lipinski definition) is 3. The lowest BCUT2D eigenvalue weighted by Crippen LogP contribution is -1.97. The van der Waals surface area contributed by atoms with E-state index in [1.54, 1.807) is 42.5 Å². The Morgan fingerprint density at radius 2 is 1.83 bits per heavy atom. The van der Waals surface area contributed by atoms with Crippen LogP contribution < -0.4 is 0 Å². The molecule has 0 amide bonds. The summed E-state index contributed by atoms with van der Waals surface area (Å²) >= 11 is 0. The van der Waals surface area contributed by atoms with Gasteiger partial charge in [-0.05, 0) is 29.8 Å². The third kappa shape index (κ3) is 2.74. The molecule has 0 atom stereocenters. The highest BCUT2D eigenvalue weighted by molar-refractivity contribution is 5.76. The summed E-state index contributed by atoms with van der Waals surface area (Å²) in [6.45, 7) is 0. The van der Waals surface area contributed by atoms with E-state index in [1.807, 2.05) is 0 Å². The van der Waals surface area contributed by atoms with Gasteiger partial charge >= 0.3 is 0 Å². The van der Waals surface area contributed by atoms with E-state index >= 15 is 0 Å². The smallest absolute Gasteiger partial charge is 0.277 e. The van der Waals surface area contributed by atoms with E-state index in [-0.39, 0.29) is 11.4 Å². The molecule has 2 aromatic carbocycles. The predicted molar refractivity (Wildman–Crippen MR) is 69.4 cm³/mol. The van der Waals surface area contributed by atoms with E-state index in [2.05, 4.69) is 0 Å². The van der Waals surface area contributed by atoms with Gasteiger partial charge in [0.05, 0.1) is 10.5 Å². The Morgan fingerprint density at radius 1 is 1.11 bits per heavy atom. The largest absolute Gasteiger partial charge is 0.508 e. The molecule has 0 aliphatic carbocycles. The van der Waals surface area contributed by atoms with Gasteiger partial charge in [-0.15, -0.1) is 0 Å². The summed E-state index contributed by atoms with van der Waals surface area (Å²) < 4.78 is 0. The Kier molecular flexibility index (Phi) is 3.38. The van der Waals surface area contributed by atoms with Crippen molar-refractivity contribution in [3.05, 3.63) is 75.8 Å². The second kappa shape index (κ2) is 5.14. The number of nitrogens with zero attached hydrogens (tertiary/aromatic N) is 1. The Balaban J connectivity index is 2.46. The van der Waals surface area contributed by atoms with Gasteiger partial charge in [-0.1, -0.05) is 30.3 Å². The van der Waals surface area contributed by atoms with Crippen LogP contribution in [0.1, 0.15) is 11.1 Å². The topological polar surface area (TPSA) is 63.4 Å². The lowest BCUT2D eigenvalue weighted by molar-refractivity contribution is -0.374. The SMILES string of the molecule is O=[N+]([O-])C(=Cc1cccc(O)c1)c1ccccc1. The summed E-state index contributed by atoms with van der Waals surface area (Å²) in [6.07, 6.45) is 1.44. The van der Waals surface area contributed by atoms with Gasteiger partial charge in [0.25, 0.3) is 5.70 Å². The van der Waals surface area contributed by atoms with Crippen LogP contribution in [0.15, 0.2) is 54.6 Å². The van der Waals surface area contributed by atoms with Crippen LogP contribution in [-0.4, -0.2) is 10.0 Å². The number of aromatic hydroxyl groups is 1. The Morgan fingerprint density at radius 3 is 2.44 bits per heavy atom. The fourth-order valence-electron chi connectivity index (χ4n) is 1.62. The molecular weight excluding hydrogens is 230 g/mol. The number of rotatable bonds is 3. The number of nitro groups is 1. The first kappa shape index (κ1) is 11.9. The van der Waals surface area contributed by atoms with Crippen LogP contribution in [0.3, 0.4) is 0 Å². The Labute approximate surface area is 104 Å². The zero-order chi connectivity index (χ0) is 13.0. The predicted octanol–water partition coefficient (Wildman–Crippen LogP) is 3.17. The van der Waals surface area contributed by atoms with Gasteiger partial charge in [-0.2, -0.15) is 0 Å². The number of hydrogen-bond donors (Lipinski definition) is 1. The first-order valence-electron chi connectivity index (χ1n) is 5.37. The average Bonchev–Trinajstić information content (AvgIpc) is 2.37. The van der Waals surface area contributed by atoms with E-state index in [0.717, 1.165) is 0 Å². The Bertz CT molecular complexity index is 591. The van der Waals surface area contributed by atoms with E-state index in [9.17, 15) is 15.2 Å². The minimum atomic E-state index is -0.431. The first-order chi connectivity index (χ1) is 8.66. The van der Waals surface area contributed by atoms with Gasteiger partial charge < -0.3 is 5.11 Å². The molecule has 0 aliphatic rings. The van der Waals surface area contributed by atoms with Crippen LogP contribution in [0.2, 0.25) is 0 Å². The fraction of sp³-hybridized carbons (Fsp3) is 0. The molecule has 0 spiro atoms. The molecule has 0 aliphatic heterocycles. The van der Waals surface area contributed by atoms with Crippen LogP contribution >= 0.6 is 0 Å². The minimum absolute atomic E-state index is 0.00111. The van der Waals surface area contributed by atoms with Gasteiger partial charge in [0.15, 0.2) is 0 Å². The van der Waals surface area contributed by atoms with Crippen molar-refractivity contribution in [1.82, 2.24) is 0 Å². The quantitative estimate of drug-likeness (QED) is 0.510. The Hall–Kier alpha value is -2.62. The molecule has 0 radical (unpaired) electrons. The monoisotopic (exact) mass is 241 g/mol. The molecule has 90 valence electrons. The van der Waals surface area contributed by atoms with Gasteiger partial charge in [0.2, 0.25) is 0 Å². The van der Waals surface area contributed by atoms with Crippen molar-refractivity contribution < 1.29 is 10.0 Å². The van der Waals surface area contributed by atoms with Crippen molar-refractivity contribution in [2.24, 2.45) is 0 Å². The highest BCUT2D eigenvalue weighted by Gasteiger charge is 2.13. The minimum Gasteiger partial charge on any atom is -0.508 e. The third-order valence-corrected chi connectivity index (χ3v) is 2.44. The van der Waals surface area contributed by atoms with Crippen molar-refractivity contribution in [1.29, 1.82) is 0 Å². The zero-order valence-corrected chi connectivity index (χ0v) is 9.48. The molecule has 1 N–H and O–H groups in total. The molecule has 0 bridgehead atoms. The first-order valence-corrected chi connectivity index (χ1v) is 5.37. The second-order valence-corrected chi connectivity index (χ2v) is 3.75. The van der Waals surface area contributed by atoms with Crippen molar-refractivity contribution in [3.8, 4) is 5.75 Å². The van der Waals surface area contributed by atoms with E-state index in [0.29, 0.717) is 11.1 Å². The van der Waals surface area contributed by atoms with Crippen LogP contribution in [0, 0.1) is 10.1 Å². The second-order valence-electron chi connectivity index (χ2n) is 3.75. The molecule has 2 aromatic rings. The standard InChI is InChI=1S/C14H11NO3/c16-13-8-4-5-11(9-13)10-14(15(17)18)12-6-2-1-3-7-12/h1-10,16H. The van der Waals surface area contributed by atoms with Crippen LogP contribution in [-0.2, 0) is 0 Å². The van der Waals surface area contributed by atoms with E-state index in [4.69, 9.17) is 0 Å². The van der Waals surface area contributed by atoms with Gasteiger partial charge in [0.1, 0.15) is 5.75 Å². The molecule has 0 fully saturated rings. The summed E-state index contributed by atoms with van der Waals surface area (Å²) in [5, 5.41) is 20.4. The summed E-state index contributed by atoms with van der Waals surface area (Å²) in [7, 11) is 0. The summed E-state index contributed by atoms with van der Waals surface area (Å²) in [4.78, 5) is 10.6. The molecule has 0 aromatic heterocycles. The van der Waals surface area contributed by atoms with E-state index < -0.39 is 4.92 Å². The maximum Gasteiger partial charge on any atom is 0.277 e. The molecule has 2 rings (SSSR count). The maximum absolute atomic E-state index is 11.1. The van der Waals surface area contributed by atoms with Crippen LogP contribution in [0.25, 0.3) is 11.8 Å². The molecule has 0 saturated carbocycles. The van der Waals surface area contributed by atoms with Crippen molar-refractivity contribution in [2.75, 3.05) is 0 Å². The summed E-state index contributed by atoms with van der Waals surface area (Å²) in [5.74, 6) is 0.0829. The van der Waals surface area contributed by atoms with Gasteiger partial charge in [-0.3, -0.25) is 10.1 Å². The molecule has 18 heavy (non-hydrogen) atoms. The van der Waals surface area contributed by atoms with Crippen molar-refractivity contribution in [2.45, 2.75) is 0 Å². The van der Waals surface area contributed by atoms with Crippen molar-refractivity contribution in [3.63, 3.8) is 0 Å². The normalized spacial score (nSPS) is 11.2. The van der Waals surface area contributed by atoms with Gasteiger partial charge in [0, 0.05) is 6.08 Å². The molecule has 4 nitrogen and oxygen atoms in total.